The van der Waals surface area contributed by atoms with Crippen LogP contribution in [0.15, 0.2) is 41.7 Å². The third-order valence-electron chi connectivity index (χ3n) is 2.35. The molecule has 0 radical (unpaired) electrons. The van der Waals surface area contributed by atoms with Gasteiger partial charge in [-0.3, -0.25) is 0 Å². The van der Waals surface area contributed by atoms with Crippen LogP contribution in [0.1, 0.15) is 12.6 Å². The Morgan fingerprint density at radius 3 is 3.00 bits per heavy atom. The molecule has 102 valence electrons. The van der Waals surface area contributed by atoms with Gasteiger partial charge in [0.05, 0.1) is 18.4 Å². The third-order valence-corrected chi connectivity index (χ3v) is 2.35. The third kappa shape index (κ3) is 4.19. The highest BCUT2D eigenvalue weighted by Crippen LogP contribution is 2.04. The average Bonchev–Trinajstić information content (AvgIpc) is 2.82. The van der Waals surface area contributed by atoms with E-state index in [1.165, 1.54) is 0 Å². The Hall–Kier alpha value is -1.64. The Morgan fingerprint density at radius 2 is 2.26 bits per heavy atom. The number of nitrogens with two attached hydrogens (primary N) is 1. The number of halogens is 1. The molecule has 0 spiro atoms. The van der Waals surface area contributed by atoms with Gasteiger partial charge in [-0.05, 0) is 13.0 Å². The molecule has 3 N–H and O–H groups in total. The first-order valence-electron chi connectivity index (χ1n) is 5.62. The van der Waals surface area contributed by atoms with Crippen LogP contribution in [0.3, 0.4) is 0 Å². The number of hydrogen-bond acceptors (Lipinski definition) is 3. The van der Waals surface area contributed by atoms with Crippen LogP contribution >= 0.6 is 24.0 Å². The molecule has 0 unspecified atom stereocenters. The Balaban J connectivity index is 0.00000180. The second-order valence-electron chi connectivity index (χ2n) is 4.05. The maximum Gasteiger partial charge on any atom is 0.189 e. The largest absolute Gasteiger partial charge is 0.370 e. The van der Waals surface area contributed by atoms with E-state index in [2.05, 4.69) is 27.0 Å². The Morgan fingerprint density at radius 1 is 1.47 bits per heavy atom. The van der Waals surface area contributed by atoms with E-state index in [9.17, 15) is 0 Å². The summed E-state index contributed by atoms with van der Waals surface area (Å²) < 4.78 is 1.75. The highest BCUT2D eigenvalue weighted by Gasteiger charge is 2.01. The molecule has 0 saturated carbocycles. The second-order valence-corrected chi connectivity index (χ2v) is 4.05. The molecule has 2 aromatic rings. The molecular weight excluding hydrogens is 355 g/mol. The quantitative estimate of drug-likeness (QED) is 0.367. The minimum atomic E-state index is 0. The molecule has 7 heteroatoms. The first-order valence-corrected chi connectivity index (χ1v) is 5.62. The molecular formula is C12H17IN6. The molecule has 0 aliphatic rings. The van der Waals surface area contributed by atoms with Gasteiger partial charge in [-0.2, -0.15) is 5.10 Å². The summed E-state index contributed by atoms with van der Waals surface area (Å²) in [5.74, 6) is 0.398. The Bertz CT molecular complexity index is 589. The van der Waals surface area contributed by atoms with Gasteiger partial charge in [-0.15, -0.1) is 24.0 Å². The molecule has 6 nitrogen and oxygen atoms in total. The number of guanidine groups is 1. The Kier molecular flexibility index (Phi) is 5.74. The van der Waals surface area contributed by atoms with Crippen molar-refractivity contribution in [1.82, 2.24) is 19.9 Å². The smallest absolute Gasteiger partial charge is 0.189 e. The average molecular weight is 372 g/mol. The maximum atomic E-state index is 5.74. The van der Waals surface area contributed by atoms with Gasteiger partial charge >= 0.3 is 0 Å². The summed E-state index contributed by atoms with van der Waals surface area (Å²) in [4.78, 5) is 8.43. The highest BCUT2D eigenvalue weighted by atomic mass is 127. The number of aromatic nitrogens is 3. The lowest BCUT2D eigenvalue weighted by Gasteiger charge is -2.05. The highest BCUT2D eigenvalue weighted by molar-refractivity contribution is 14.0. The molecule has 0 saturated heterocycles. The van der Waals surface area contributed by atoms with E-state index in [4.69, 9.17) is 5.73 Å². The SMILES string of the molecule is C=C(C)CNC(N)=NCc1ccnc2ccnn12.I. The zero-order chi connectivity index (χ0) is 13.0. The van der Waals surface area contributed by atoms with E-state index in [1.54, 1.807) is 16.9 Å². The summed E-state index contributed by atoms with van der Waals surface area (Å²) in [6, 6.07) is 3.71. The predicted octanol–water partition coefficient (Wildman–Crippen LogP) is 1.33. The van der Waals surface area contributed by atoms with Crippen molar-refractivity contribution < 1.29 is 0 Å². The lowest BCUT2D eigenvalue weighted by atomic mass is 10.3. The number of nitrogens with zero attached hydrogens (tertiary/aromatic N) is 4. The van der Waals surface area contributed by atoms with Gasteiger partial charge in [0.25, 0.3) is 0 Å². The van der Waals surface area contributed by atoms with Gasteiger partial charge in [0.2, 0.25) is 0 Å². The molecule has 0 aliphatic carbocycles. The van der Waals surface area contributed by atoms with Crippen LogP contribution < -0.4 is 11.1 Å². The zero-order valence-corrected chi connectivity index (χ0v) is 13.0. The van der Waals surface area contributed by atoms with Crippen LogP contribution in [0.2, 0.25) is 0 Å². The predicted molar refractivity (Wildman–Crippen MR) is 86.5 cm³/mol. The van der Waals surface area contributed by atoms with Gasteiger partial charge in [0.1, 0.15) is 0 Å². The molecule has 2 aromatic heterocycles. The topological polar surface area (TPSA) is 80.6 Å². The van der Waals surface area contributed by atoms with Gasteiger partial charge in [0, 0.05) is 18.8 Å². The van der Waals surface area contributed by atoms with Crippen LogP contribution in [0.4, 0.5) is 0 Å². The fraction of sp³-hybridized carbons (Fsp3) is 0.250. The van der Waals surface area contributed by atoms with E-state index < -0.39 is 0 Å². The van der Waals surface area contributed by atoms with E-state index in [0.717, 1.165) is 16.9 Å². The number of fused-ring (bicyclic) bond motifs is 1. The summed E-state index contributed by atoms with van der Waals surface area (Å²) in [6.45, 7) is 6.79. The molecule has 0 aliphatic heterocycles. The molecule has 2 rings (SSSR count). The Labute approximate surface area is 128 Å². The lowest BCUT2D eigenvalue weighted by molar-refractivity contribution is 0.827. The van der Waals surface area contributed by atoms with Gasteiger partial charge in [-0.25, -0.2) is 14.5 Å². The van der Waals surface area contributed by atoms with Crippen molar-refractivity contribution in [2.75, 3.05) is 6.54 Å². The van der Waals surface area contributed by atoms with Crippen LogP contribution in [0.5, 0.6) is 0 Å². The summed E-state index contributed by atoms with van der Waals surface area (Å²) in [5.41, 5.74) is 8.48. The fourth-order valence-corrected chi connectivity index (χ4v) is 1.47. The van der Waals surface area contributed by atoms with E-state index in [0.29, 0.717) is 19.0 Å². The number of rotatable bonds is 4. The van der Waals surface area contributed by atoms with Crippen molar-refractivity contribution in [1.29, 1.82) is 0 Å². The fourth-order valence-electron chi connectivity index (χ4n) is 1.47. The van der Waals surface area contributed by atoms with Crippen LogP contribution in [0.25, 0.3) is 5.65 Å². The molecule has 2 heterocycles. The van der Waals surface area contributed by atoms with E-state index in [-0.39, 0.29) is 24.0 Å². The minimum Gasteiger partial charge on any atom is -0.370 e. The van der Waals surface area contributed by atoms with Crippen LogP contribution in [-0.4, -0.2) is 27.1 Å². The molecule has 0 fully saturated rings. The summed E-state index contributed by atoms with van der Waals surface area (Å²) in [6.07, 6.45) is 3.44. The van der Waals surface area contributed by atoms with Gasteiger partial charge in [0.15, 0.2) is 11.6 Å². The van der Waals surface area contributed by atoms with Gasteiger partial charge in [-0.1, -0.05) is 12.2 Å². The summed E-state index contributed by atoms with van der Waals surface area (Å²) in [7, 11) is 0. The summed E-state index contributed by atoms with van der Waals surface area (Å²) in [5, 5.41) is 7.16. The minimum absolute atomic E-state index is 0. The number of aliphatic imine (C=N–C) groups is 1. The summed E-state index contributed by atoms with van der Waals surface area (Å²) >= 11 is 0. The van der Waals surface area contributed by atoms with Crippen molar-refractivity contribution in [3.8, 4) is 0 Å². The molecule has 19 heavy (non-hydrogen) atoms. The van der Waals surface area contributed by atoms with Crippen LogP contribution in [0, 0.1) is 0 Å². The number of hydrogen-bond donors (Lipinski definition) is 2. The van der Waals surface area contributed by atoms with Crippen molar-refractivity contribution in [2.45, 2.75) is 13.5 Å². The van der Waals surface area contributed by atoms with E-state index in [1.807, 2.05) is 19.1 Å². The van der Waals surface area contributed by atoms with Gasteiger partial charge < -0.3 is 11.1 Å². The zero-order valence-electron chi connectivity index (χ0n) is 10.7. The van der Waals surface area contributed by atoms with E-state index >= 15 is 0 Å². The second kappa shape index (κ2) is 7.07. The first-order chi connectivity index (χ1) is 8.66. The molecule has 0 amide bonds. The molecule has 0 aromatic carbocycles. The molecule has 0 bridgehead atoms. The van der Waals surface area contributed by atoms with Crippen molar-refractivity contribution in [3.63, 3.8) is 0 Å². The standard InChI is InChI=1S/C12H16N6.HI/c1-9(2)7-15-12(13)16-8-10-3-5-14-11-4-6-17-18(10)11;/h3-6H,1,7-8H2,2H3,(H3,13,15,16);1H. The van der Waals surface area contributed by atoms with Crippen molar-refractivity contribution >= 4 is 35.6 Å². The maximum absolute atomic E-state index is 5.74. The number of nitrogens with one attached hydrogen (secondary N) is 1. The molecule has 0 atom stereocenters. The van der Waals surface area contributed by atoms with Crippen LogP contribution in [-0.2, 0) is 6.54 Å². The monoisotopic (exact) mass is 372 g/mol. The van der Waals surface area contributed by atoms with Crippen molar-refractivity contribution in [3.05, 3.63) is 42.4 Å². The normalized spacial score (nSPS) is 11.1. The first kappa shape index (κ1) is 15.4. The lowest BCUT2D eigenvalue weighted by Crippen LogP contribution is -2.32. The van der Waals surface area contributed by atoms with Crippen molar-refractivity contribution in [2.24, 2.45) is 10.7 Å².